The molecule has 5 nitrogen and oxygen atoms in total. The van der Waals surface area contributed by atoms with Crippen LogP contribution in [0.1, 0.15) is 5.56 Å². The van der Waals surface area contributed by atoms with E-state index in [1.165, 1.54) is 0 Å². The lowest BCUT2D eigenvalue weighted by Gasteiger charge is -2.19. The highest BCUT2D eigenvalue weighted by molar-refractivity contribution is 6.20. The second-order valence-electron chi connectivity index (χ2n) is 8.14. The van der Waals surface area contributed by atoms with Crippen molar-refractivity contribution in [3.8, 4) is 28.4 Å². The summed E-state index contributed by atoms with van der Waals surface area (Å²) in [5.74, 6) is 1.87. The number of rotatable bonds is 4. The maximum atomic E-state index is 13.6. The molecule has 0 spiro atoms. The van der Waals surface area contributed by atoms with Crippen LogP contribution in [0.3, 0.4) is 0 Å². The summed E-state index contributed by atoms with van der Waals surface area (Å²) < 4.78 is 18.6. The first-order valence-corrected chi connectivity index (χ1v) is 10.7. The van der Waals surface area contributed by atoms with E-state index in [4.69, 9.17) is 14.2 Å². The van der Waals surface area contributed by atoms with E-state index in [0.717, 1.165) is 43.8 Å². The second-order valence-corrected chi connectivity index (χ2v) is 8.14. The van der Waals surface area contributed by atoms with E-state index in [1.54, 1.807) is 25.9 Å². The maximum absolute atomic E-state index is 13.6. The Hall–Kier alpha value is -3.99. The Bertz CT molecular complexity index is 1600. The van der Waals surface area contributed by atoms with Crippen LogP contribution in [0.4, 0.5) is 0 Å². The van der Waals surface area contributed by atoms with Gasteiger partial charge in [-0.15, -0.1) is 0 Å². The number of aryl methyl sites for hydroxylation is 2. The fraction of sp³-hybridized carbons (Fsp3) is 0.179. The molecule has 0 aliphatic heterocycles. The molecule has 0 aliphatic carbocycles. The van der Waals surface area contributed by atoms with Crippen molar-refractivity contribution in [3.63, 3.8) is 0 Å². The minimum Gasteiger partial charge on any atom is -0.496 e. The minimum atomic E-state index is -0.0957. The third-order valence-corrected chi connectivity index (χ3v) is 6.40. The first-order valence-electron chi connectivity index (χ1n) is 10.7. The van der Waals surface area contributed by atoms with E-state index in [1.807, 2.05) is 56.4 Å². The predicted molar refractivity (Wildman–Crippen MR) is 134 cm³/mol. The highest BCUT2D eigenvalue weighted by atomic mass is 16.5. The van der Waals surface area contributed by atoms with Crippen LogP contribution in [-0.2, 0) is 7.05 Å². The normalized spacial score (nSPS) is 11.3. The van der Waals surface area contributed by atoms with Gasteiger partial charge in [0, 0.05) is 23.2 Å². The molecule has 0 aliphatic rings. The number of nitrogens with zero attached hydrogens (tertiary/aromatic N) is 1. The summed E-state index contributed by atoms with van der Waals surface area (Å²) in [7, 11) is 6.67. The van der Waals surface area contributed by atoms with E-state index in [9.17, 15) is 4.79 Å². The summed E-state index contributed by atoms with van der Waals surface area (Å²) >= 11 is 0. The lowest BCUT2D eigenvalue weighted by Crippen LogP contribution is -2.18. The van der Waals surface area contributed by atoms with Crippen molar-refractivity contribution in [2.75, 3.05) is 21.3 Å². The van der Waals surface area contributed by atoms with Crippen LogP contribution >= 0.6 is 0 Å². The van der Waals surface area contributed by atoms with Crippen molar-refractivity contribution in [2.45, 2.75) is 6.92 Å². The average Bonchev–Trinajstić information content (AvgIpc) is 2.85. The van der Waals surface area contributed by atoms with Gasteiger partial charge in [-0.2, -0.15) is 0 Å². The summed E-state index contributed by atoms with van der Waals surface area (Å²) in [5, 5.41) is 4.34. The maximum Gasteiger partial charge on any atom is 0.262 e. The van der Waals surface area contributed by atoms with Crippen molar-refractivity contribution in [1.29, 1.82) is 0 Å². The Balaban J connectivity index is 2.10. The van der Waals surface area contributed by atoms with E-state index in [-0.39, 0.29) is 5.56 Å². The van der Waals surface area contributed by atoms with Gasteiger partial charge in [-0.1, -0.05) is 42.5 Å². The van der Waals surface area contributed by atoms with E-state index >= 15 is 0 Å². The molecule has 0 unspecified atom stereocenters. The number of pyridine rings is 1. The molecule has 0 atom stereocenters. The second kappa shape index (κ2) is 7.85. The average molecular weight is 440 g/mol. The van der Waals surface area contributed by atoms with E-state index in [0.29, 0.717) is 22.6 Å². The van der Waals surface area contributed by atoms with Crippen molar-refractivity contribution < 1.29 is 14.2 Å². The zero-order valence-corrected chi connectivity index (χ0v) is 19.4. The Morgan fingerprint density at radius 2 is 1.36 bits per heavy atom. The number of benzene rings is 4. The third kappa shape index (κ3) is 3.04. The molecular formula is C28H25NO4. The van der Waals surface area contributed by atoms with E-state index in [2.05, 4.69) is 18.2 Å². The number of aromatic nitrogens is 1. The number of methoxy groups -OCH3 is 3. The SMILES string of the molecule is COc1cc2c(-c3ccccc3)cc3c4ccc(C)c(OC)c4c(=O)n(C)c3c2cc1OC. The molecule has 0 saturated carbocycles. The fourth-order valence-electron chi connectivity index (χ4n) is 4.81. The molecule has 0 fully saturated rings. The molecule has 1 aromatic heterocycles. The van der Waals surface area contributed by atoms with Gasteiger partial charge in [0.1, 0.15) is 5.75 Å². The molecule has 0 saturated heterocycles. The van der Waals surface area contributed by atoms with Crippen LogP contribution in [0.2, 0.25) is 0 Å². The largest absolute Gasteiger partial charge is 0.496 e. The van der Waals surface area contributed by atoms with Crippen molar-refractivity contribution >= 4 is 32.4 Å². The molecule has 5 rings (SSSR count). The number of ether oxygens (including phenoxy) is 3. The van der Waals surface area contributed by atoms with Crippen LogP contribution in [0.25, 0.3) is 43.6 Å². The van der Waals surface area contributed by atoms with Crippen molar-refractivity contribution in [3.05, 3.63) is 76.6 Å². The van der Waals surface area contributed by atoms with Crippen LogP contribution in [0.15, 0.2) is 65.5 Å². The molecule has 0 amide bonds. The summed E-state index contributed by atoms with van der Waals surface area (Å²) in [6.07, 6.45) is 0. The lowest BCUT2D eigenvalue weighted by atomic mass is 9.92. The van der Waals surface area contributed by atoms with Crippen LogP contribution in [0, 0.1) is 6.92 Å². The molecule has 166 valence electrons. The first kappa shape index (κ1) is 20.9. The Morgan fingerprint density at radius 3 is 2.00 bits per heavy atom. The zero-order chi connectivity index (χ0) is 23.3. The predicted octanol–water partition coefficient (Wildman–Crippen LogP) is 5.85. The highest BCUT2D eigenvalue weighted by Gasteiger charge is 2.20. The van der Waals surface area contributed by atoms with Crippen LogP contribution in [-0.4, -0.2) is 25.9 Å². The molecule has 1 heterocycles. The van der Waals surface area contributed by atoms with Gasteiger partial charge in [-0.25, -0.2) is 0 Å². The molecular weight excluding hydrogens is 414 g/mol. The van der Waals surface area contributed by atoms with Gasteiger partial charge in [-0.05, 0) is 47.2 Å². The quantitative estimate of drug-likeness (QED) is 0.330. The zero-order valence-electron chi connectivity index (χ0n) is 19.4. The number of hydrogen-bond acceptors (Lipinski definition) is 4. The van der Waals surface area contributed by atoms with Gasteiger partial charge >= 0.3 is 0 Å². The standard InChI is InChI=1S/C28H25NO4/c1-16-11-12-18-21-13-19(17-9-7-6-8-10-17)20-14-23(31-3)24(32-4)15-22(20)26(21)29(2)28(30)25(18)27(16)33-5/h6-15H,1-5H3. The Morgan fingerprint density at radius 1 is 0.727 bits per heavy atom. The van der Waals surface area contributed by atoms with Gasteiger partial charge < -0.3 is 18.8 Å². The number of fused-ring (bicyclic) bond motifs is 5. The Labute approximate surface area is 191 Å². The molecule has 33 heavy (non-hydrogen) atoms. The van der Waals surface area contributed by atoms with Gasteiger partial charge in [0.15, 0.2) is 11.5 Å². The molecule has 0 bridgehead atoms. The van der Waals surface area contributed by atoms with Crippen LogP contribution < -0.4 is 19.8 Å². The summed E-state index contributed by atoms with van der Waals surface area (Å²) in [6.45, 7) is 1.95. The summed E-state index contributed by atoms with van der Waals surface area (Å²) in [4.78, 5) is 13.6. The lowest BCUT2D eigenvalue weighted by molar-refractivity contribution is 0.356. The first-order chi connectivity index (χ1) is 16.0. The fourth-order valence-corrected chi connectivity index (χ4v) is 4.81. The Kier molecular flexibility index (Phi) is 4.97. The molecule has 5 aromatic rings. The molecule has 4 aromatic carbocycles. The topological polar surface area (TPSA) is 49.7 Å². The summed E-state index contributed by atoms with van der Waals surface area (Å²) in [6, 6.07) is 20.4. The van der Waals surface area contributed by atoms with Crippen molar-refractivity contribution in [1.82, 2.24) is 4.57 Å². The van der Waals surface area contributed by atoms with Gasteiger partial charge in [0.05, 0.1) is 32.2 Å². The molecule has 0 N–H and O–H groups in total. The summed E-state index contributed by atoms with van der Waals surface area (Å²) in [5.41, 5.74) is 3.81. The van der Waals surface area contributed by atoms with Gasteiger partial charge in [0.25, 0.3) is 5.56 Å². The van der Waals surface area contributed by atoms with Crippen LogP contribution in [0.5, 0.6) is 17.2 Å². The van der Waals surface area contributed by atoms with E-state index < -0.39 is 0 Å². The van der Waals surface area contributed by atoms with Crippen molar-refractivity contribution in [2.24, 2.45) is 7.05 Å². The number of hydrogen-bond donors (Lipinski definition) is 0. The monoisotopic (exact) mass is 439 g/mol. The smallest absolute Gasteiger partial charge is 0.262 e. The third-order valence-electron chi connectivity index (χ3n) is 6.40. The minimum absolute atomic E-state index is 0.0957. The molecule has 0 radical (unpaired) electrons. The molecule has 5 heteroatoms. The van der Waals surface area contributed by atoms with Gasteiger partial charge in [0.2, 0.25) is 0 Å². The highest BCUT2D eigenvalue weighted by Crippen LogP contribution is 2.43. The van der Waals surface area contributed by atoms with Gasteiger partial charge in [-0.3, -0.25) is 4.79 Å².